The summed E-state index contributed by atoms with van der Waals surface area (Å²) in [5.41, 5.74) is 6.99. The van der Waals surface area contributed by atoms with Crippen molar-refractivity contribution < 1.29 is 72.7 Å². The first kappa shape index (κ1) is 98.6. The fourth-order valence-electron chi connectivity index (χ4n) is 13.3. The summed E-state index contributed by atoms with van der Waals surface area (Å²) in [5.74, 6) is -2.27. The summed E-state index contributed by atoms with van der Waals surface area (Å²) >= 11 is 5.39. The Kier molecular flexibility index (Phi) is 46.2. The summed E-state index contributed by atoms with van der Waals surface area (Å²) in [6, 6.07) is 44.9. The van der Waals surface area contributed by atoms with E-state index in [1.54, 1.807) is 84.0 Å². The number of carbonyl (C=O) groups is 9. The van der Waals surface area contributed by atoms with E-state index in [9.17, 15) is 52.6 Å². The number of aliphatic hydroxyl groups excluding tert-OH is 1. The maximum absolute atomic E-state index is 14.3. The topological polar surface area (TPSA) is 257 Å². The number of aromatic carboxylic acids is 3. The van der Waals surface area contributed by atoms with Crippen LogP contribution < -0.4 is 19.6 Å². The molecule has 636 valence electrons. The fourth-order valence-corrected chi connectivity index (χ4v) is 17.0. The van der Waals surface area contributed by atoms with Crippen LogP contribution in [0.4, 0.5) is 27.1 Å². The van der Waals surface area contributed by atoms with Gasteiger partial charge in [0.25, 0.3) is 0 Å². The number of benzene rings is 4. The highest BCUT2D eigenvalue weighted by Gasteiger charge is 2.20. The number of carboxylic acids is 3. The lowest BCUT2D eigenvalue weighted by Gasteiger charge is -2.22. The van der Waals surface area contributed by atoms with Crippen LogP contribution in [0.5, 0.6) is 0 Å². The van der Waals surface area contributed by atoms with Gasteiger partial charge in [0, 0.05) is 108 Å². The number of methoxy groups -OCH3 is 1. The molecule has 4 aromatic carbocycles. The molecule has 0 aliphatic carbocycles. The van der Waals surface area contributed by atoms with Crippen molar-refractivity contribution in [1.29, 1.82) is 0 Å². The number of aliphatic hydroxyl groups is 1. The van der Waals surface area contributed by atoms with Gasteiger partial charge < -0.3 is 44.8 Å². The van der Waals surface area contributed by atoms with E-state index >= 15 is 0 Å². The minimum Gasteiger partial charge on any atom is -0.477 e. The van der Waals surface area contributed by atoms with Gasteiger partial charge in [0.1, 0.15) is 25.7 Å². The molecule has 8 aromatic rings. The highest BCUT2D eigenvalue weighted by atomic mass is 32.1. The molecule has 0 aliphatic heterocycles. The lowest BCUT2D eigenvalue weighted by molar-refractivity contribution is -0.117. The summed E-state index contributed by atoms with van der Waals surface area (Å²) in [6.07, 6.45) is 25.1. The molecule has 4 amide bonds. The molecule has 0 saturated carbocycles. The Bertz CT molecular complexity index is 4150. The molecule has 0 bridgehead atoms. The molecule has 4 aromatic heterocycles. The van der Waals surface area contributed by atoms with Gasteiger partial charge in [-0.3, -0.25) is 24.0 Å². The molecule has 0 aliphatic rings. The fraction of sp³-hybridized carbons (Fsp3) is 0.479. The number of esters is 1. The van der Waals surface area contributed by atoms with Crippen molar-refractivity contribution in [3.05, 3.63) is 207 Å². The highest BCUT2D eigenvalue weighted by molar-refractivity contribution is 7.14. The predicted octanol–water partition coefficient (Wildman–Crippen LogP) is 24.0. The Morgan fingerprint density at radius 2 is 0.658 bits per heavy atom. The average molecular weight is 1680 g/mol. The molecule has 3 unspecified atom stereocenters. The molecular weight excluding hydrogens is 1560 g/mol. The monoisotopic (exact) mass is 1680 g/mol. The quantitative estimate of drug-likeness (QED) is 0.0157. The standard InChI is InChI=1S/C24H33NO4S.C24H33NO3S.C23H30FNO3S.C23H29NO4S/c1-4-5-6-10-22(27)19-11-13-20(14-12-19)25(18(2)26)17-8-7-9-21-15-16-23(30-21)24(28)29-3;1-4-5-6-9-18(2)20-11-13-21(14-12-20)25(19(3)26)17-8-7-10-22-15-16-23(29-22)24(27)28;1-3-4-5-9-21(24)18-10-12-19(13-11-18)25(17(2)26)16-7-6-8-20-14-15-22(29-20)23(27)28;1-3-4-5-9-21(26)18-10-12-19(13-11-18)24(17(2)25)16-7-6-8-20-14-15-22(29-20)23(27)28/h11-16,22,27H,4-10,17H2,1-3H3;11-16,18H,4-10,17H2,1-3H3,(H,27,28);10-15,21H,3-9,16H2,1-2H3,(H,27,28);10-15H,3-9,16H2,1-2H3,(H,27,28). The maximum atomic E-state index is 14.3. The number of carboxylic acid groups (broad SMARTS) is 3. The molecule has 3 atom stereocenters. The van der Waals surface area contributed by atoms with Gasteiger partial charge in [-0.2, -0.15) is 0 Å². The summed E-state index contributed by atoms with van der Waals surface area (Å²) in [5, 5.41) is 37.3. The number of ketones is 1. The number of hydrogen-bond donors (Lipinski definition) is 4. The number of thiophene rings is 4. The number of unbranched alkanes of at least 4 members (excludes halogenated alkanes) is 12. The second-order valence-electron chi connectivity index (χ2n) is 29.6. The Morgan fingerprint density at radius 3 is 0.983 bits per heavy atom. The number of rotatable bonds is 48. The van der Waals surface area contributed by atoms with E-state index in [0.29, 0.717) is 75.6 Å². The number of amides is 4. The van der Waals surface area contributed by atoms with Crippen LogP contribution in [0.1, 0.15) is 320 Å². The minimum absolute atomic E-state index is 0.00958. The van der Waals surface area contributed by atoms with Crippen LogP contribution in [0.2, 0.25) is 0 Å². The third-order valence-corrected chi connectivity index (χ3v) is 24.8. The molecular formula is C94H125FN4O14S4. The number of alkyl halides is 1. The predicted molar refractivity (Wildman–Crippen MR) is 477 cm³/mol. The van der Waals surface area contributed by atoms with E-state index in [4.69, 9.17) is 20.1 Å². The van der Waals surface area contributed by atoms with Crippen molar-refractivity contribution in [2.75, 3.05) is 52.9 Å². The van der Waals surface area contributed by atoms with Crippen molar-refractivity contribution in [2.24, 2.45) is 0 Å². The van der Waals surface area contributed by atoms with Gasteiger partial charge in [-0.05, 0) is 235 Å². The lowest BCUT2D eigenvalue weighted by atomic mass is 9.95. The number of halogens is 1. The van der Waals surface area contributed by atoms with Crippen LogP contribution in [0.25, 0.3) is 0 Å². The van der Waals surface area contributed by atoms with Crippen LogP contribution in [0, 0.1) is 0 Å². The van der Waals surface area contributed by atoms with Gasteiger partial charge in [-0.25, -0.2) is 23.6 Å². The second-order valence-corrected chi connectivity index (χ2v) is 34.2. The Balaban J connectivity index is 0.000000278. The largest absolute Gasteiger partial charge is 0.477 e. The van der Waals surface area contributed by atoms with E-state index in [1.807, 2.05) is 77.7 Å². The zero-order chi connectivity index (χ0) is 85.6. The zero-order valence-corrected chi connectivity index (χ0v) is 73.7. The molecule has 4 heterocycles. The summed E-state index contributed by atoms with van der Waals surface area (Å²) in [4.78, 5) is 118. The van der Waals surface area contributed by atoms with E-state index < -0.39 is 30.2 Å². The van der Waals surface area contributed by atoms with E-state index in [0.717, 1.165) is 189 Å². The number of ether oxygens (including phenoxy) is 1. The molecule has 0 radical (unpaired) electrons. The summed E-state index contributed by atoms with van der Waals surface area (Å²) < 4.78 is 19.0. The lowest BCUT2D eigenvalue weighted by Crippen LogP contribution is -2.29. The zero-order valence-electron chi connectivity index (χ0n) is 70.4. The van der Waals surface area contributed by atoms with Crippen molar-refractivity contribution >= 4 is 121 Å². The van der Waals surface area contributed by atoms with Crippen molar-refractivity contribution in [1.82, 2.24) is 0 Å². The number of nitrogens with zero attached hydrogens (tertiary/aromatic N) is 4. The number of Topliss-reactive ketones (excluding diaryl/α,β-unsaturated/α-hetero) is 1. The SMILES string of the molecule is CCCCCC(=O)c1ccc(N(CCCCc2ccc(C(=O)O)s2)C(C)=O)cc1.CCCCCC(C)c1ccc(N(CCCCc2ccc(C(=O)O)s2)C(C)=O)cc1.CCCCCC(F)c1ccc(N(CCCCc2ccc(C(=O)O)s2)C(C)=O)cc1.CCCCCC(O)c1ccc(N(CCCCc2ccc(C(=O)OC)s2)C(C)=O)cc1. The van der Waals surface area contributed by atoms with E-state index in [2.05, 4.69) is 58.9 Å². The average Bonchev–Trinajstić information content (AvgIpc) is 1.15. The van der Waals surface area contributed by atoms with Gasteiger partial charge in [-0.1, -0.05) is 142 Å². The molecule has 0 saturated heterocycles. The van der Waals surface area contributed by atoms with Gasteiger partial charge in [0.05, 0.1) is 13.2 Å². The van der Waals surface area contributed by atoms with Crippen molar-refractivity contribution in [2.45, 2.75) is 260 Å². The smallest absolute Gasteiger partial charge is 0.348 e. The second kappa shape index (κ2) is 54.9. The van der Waals surface area contributed by atoms with Gasteiger partial charge in [-0.15, -0.1) is 45.3 Å². The van der Waals surface area contributed by atoms with Gasteiger partial charge in [0.2, 0.25) is 23.6 Å². The first-order valence-electron chi connectivity index (χ1n) is 41.7. The van der Waals surface area contributed by atoms with E-state index in [-0.39, 0.29) is 35.4 Å². The van der Waals surface area contributed by atoms with Crippen LogP contribution in [-0.2, 0) is 49.6 Å². The number of carbonyl (C=O) groups excluding carboxylic acids is 6. The van der Waals surface area contributed by atoms with E-state index in [1.165, 1.54) is 90.6 Å². The molecule has 4 N–H and O–H groups in total. The van der Waals surface area contributed by atoms with Crippen molar-refractivity contribution in [3.8, 4) is 0 Å². The summed E-state index contributed by atoms with van der Waals surface area (Å²) in [6.45, 7) is 19.6. The third kappa shape index (κ3) is 36.0. The summed E-state index contributed by atoms with van der Waals surface area (Å²) in [7, 11) is 1.39. The molecule has 8 rings (SSSR count). The number of hydrogen-bond acceptors (Lipinski definition) is 15. The highest BCUT2D eigenvalue weighted by Crippen LogP contribution is 2.31. The minimum atomic E-state index is -0.956. The van der Waals surface area contributed by atoms with Crippen molar-refractivity contribution in [3.63, 3.8) is 0 Å². The molecule has 23 heteroatoms. The third-order valence-electron chi connectivity index (χ3n) is 20.2. The first-order valence-corrected chi connectivity index (χ1v) is 45.0. The molecule has 0 spiro atoms. The van der Waals surface area contributed by atoms with Crippen LogP contribution in [0.15, 0.2) is 146 Å². The normalized spacial score (nSPS) is 11.6. The molecule has 18 nitrogen and oxygen atoms in total. The molecule has 117 heavy (non-hydrogen) atoms. The first-order chi connectivity index (χ1) is 56.2. The van der Waals surface area contributed by atoms with Gasteiger partial charge in [0.15, 0.2) is 5.78 Å². The van der Waals surface area contributed by atoms with Crippen LogP contribution in [0.3, 0.4) is 0 Å². The Labute approximate surface area is 709 Å². The number of anilines is 4. The maximum Gasteiger partial charge on any atom is 0.348 e. The van der Waals surface area contributed by atoms with Crippen LogP contribution >= 0.6 is 45.3 Å². The van der Waals surface area contributed by atoms with Gasteiger partial charge >= 0.3 is 23.9 Å². The Morgan fingerprint density at radius 1 is 0.359 bits per heavy atom. The van der Waals surface area contributed by atoms with Crippen LogP contribution in [-0.4, -0.2) is 107 Å². The Hall–Kier alpha value is -9.00. The molecule has 0 fully saturated rings. The number of aryl methyl sites for hydroxylation is 4.